The van der Waals surface area contributed by atoms with E-state index < -0.39 is 0 Å². The Morgan fingerprint density at radius 2 is 0.930 bits per heavy atom. The second-order valence-electron chi connectivity index (χ2n) is 10.3. The van der Waals surface area contributed by atoms with Crippen molar-refractivity contribution < 1.29 is 0 Å². The van der Waals surface area contributed by atoms with Crippen LogP contribution in [0.5, 0.6) is 0 Å². The molecule has 0 spiro atoms. The quantitative estimate of drug-likeness (QED) is 0.123. The number of hydrogen-bond acceptors (Lipinski definition) is 6. The summed E-state index contributed by atoms with van der Waals surface area (Å²) < 4.78 is 4.43. The van der Waals surface area contributed by atoms with Crippen molar-refractivity contribution in [3.8, 4) is 11.4 Å². The fourth-order valence-corrected chi connectivity index (χ4v) is 6.90. The summed E-state index contributed by atoms with van der Waals surface area (Å²) in [7, 11) is 0. The van der Waals surface area contributed by atoms with Gasteiger partial charge in [0.15, 0.2) is 10.3 Å². The van der Waals surface area contributed by atoms with Crippen molar-refractivity contribution in [2.45, 2.75) is 53.9 Å². The second-order valence-corrected chi connectivity index (χ2v) is 12.2. The monoisotopic (exact) mass is 602 g/mol. The molecule has 0 bridgehead atoms. The molecule has 0 amide bonds. The van der Waals surface area contributed by atoms with Crippen LogP contribution < -0.4 is 0 Å². The summed E-state index contributed by atoms with van der Waals surface area (Å²) in [6.07, 6.45) is 2.99. The van der Waals surface area contributed by atoms with Crippen LogP contribution in [0, 0.1) is 0 Å². The smallest absolute Gasteiger partial charge is 0.196 e. The lowest BCUT2D eigenvalue weighted by Gasteiger charge is -2.20. The predicted octanol–water partition coefficient (Wildman–Crippen LogP) is 8.75. The largest absolute Gasteiger partial charge is 0.273 e. The molecule has 6 aromatic rings. The van der Waals surface area contributed by atoms with Gasteiger partial charge < -0.3 is 0 Å². The Kier molecular flexibility index (Phi) is 9.67. The minimum absolute atomic E-state index is 0.0995. The van der Waals surface area contributed by atoms with Crippen LogP contribution in [0.4, 0.5) is 0 Å². The summed E-state index contributed by atoms with van der Waals surface area (Å²) in [6.45, 7) is 2.23. The minimum Gasteiger partial charge on any atom is -0.273 e. The zero-order chi connectivity index (χ0) is 29.3. The fourth-order valence-electron chi connectivity index (χ4n) is 5.07. The van der Waals surface area contributed by atoms with Gasteiger partial charge in [0.2, 0.25) is 0 Å². The van der Waals surface area contributed by atoms with Gasteiger partial charge in [-0.05, 0) is 41.8 Å². The summed E-state index contributed by atoms with van der Waals surface area (Å²) in [5.74, 6) is 3.30. The molecule has 0 saturated carbocycles. The third-order valence-corrected chi connectivity index (χ3v) is 9.24. The first kappa shape index (κ1) is 29.0. The molecule has 0 aliphatic carbocycles. The second kappa shape index (κ2) is 14.4. The van der Waals surface area contributed by atoms with Crippen molar-refractivity contribution in [2.24, 2.45) is 0 Å². The number of hydrogen-bond donors (Lipinski definition) is 0. The zero-order valence-electron chi connectivity index (χ0n) is 24.2. The van der Waals surface area contributed by atoms with E-state index in [9.17, 15) is 0 Å². The number of unbranched alkanes of at least 4 members (excludes halogenated alkanes) is 1. The van der Waals surface area contributed by atoms with Gasteiger partial charge in [0.25, 0.3) is 0 Å². The van der Waals surface area contributed by atoms with Crippen LogP contribution in [-0.4, -0.2) is 29.5 Å². The number of thioether (sulfide) groups is 2. The highest BCUT2D eigenvalue weighted by Gasteiger charge is 2.30. The molecule has 8 heteroatoms. The molecule has 0 saturated heterocycles. The maximum absolute atomic E-state index is 4.88. The minimum atomic E-state index is -0.0995. The fraction of sp³-hybridized carbons (Fsp3) is 0.200. The SMILES string of the molecule is CCCCC(c1nnc(SCc2ccccc2)n1-c1ccccc1)c1nnc(SCc2ccccc2)n1-c1ccccc1. The number of para-hydroxylation sites is 2. The molecule has 2 aromatic heterocycles. The van der Waals surface area contributed by atoms with Gasteiger partial charge in [0.05, 0.1) is 5.92 Å². The maximum atomic E-state index is 4.88. The number of aromatic nitrogens is 6. The van der Waals surface area contributed by atoms with Crippen LogP contribution in [0.25, 0.3) is 11.4 Å². The Labute approximate surface area is 261 Å². The van der Waals surface area contributed by atoms with Crippen molar-refractivity contribution >= 4 is 23.5 Å². The molecular formula is C35H34N6S2. The zero-order valence-corrected chi connectivity index (χ0v) is 25.8. The number of nitrogens with zero attached hydrogens (tertiary/aromatic N) is 6. The van der Waals surface area contributed by atoms with Gasteiger partial charge in [0.1, 0.15) is 11.6 Å². The topological polar surface area (TPSA) is 61.4 Å². The molecule has 43 heavy (non-hydrogen) atoms. The molecule has 0 fully saturated rings. The lowest BCUT2D eigenvalue weighted by molar-refractivity contribution is 0.573. The molecule has 216 valence electrons. The van der Waals surface area contributed by atoms with Crippen LogP contribution >= 0.6 is 23.5 Å². The van der Waals surface area contributed by atoms with E-state index in [1.54, 1.807) is 23.5 Å². The average Bonchev–Trinajstić information content (AvgIpc) is 3.69. The Balaban J connectivity index is 1.43. The third-order valence-electron chi connectivity index (χ3n) is 7.24. The number of rotatable bonds is 13. The Morgan fingerprint density at radius 3 is 1.33 bits per heavy atom. The summed E-state index contributed by atoms with van der Waals surface area (Å²) in [5, 5.41) is 21.0. The van der Waals surface area contributed by atoms with Gasteiger partial charge in [-0.25, -0.2) is 0 Å². The average molecular weight is 603 g/mol. The van der Waals surface area contributed by atoms with Gasteiger partial charge in [0, 0.05) is 22.9 Å². The standard InChI is InChI=1S/C35H34N6S2/c1-2-3-24-31(32-36-38-34(40(32)29-20-12-6-13-21-29)42-25-27-16-8-4-9-17-27)33-37-39-35(41(33)30-22-14-7-15-23-30)43-26-28-18-10-5-11-19-28/h4-23,31H,2-3,24-26H2,1H3. The van der Waals surface area contributed by atoms with E-state index in [1.165, 1.54) is 11.1 Å². The van der Waals surface area contributed by atoms with E-state index in [2.05, 4.69) is 113 Å². The molecule has 0 atom stereocenters. The van der Waals surface area contributed by atoms with Crippen LogP contribution in [0.2, 0.25) is 0 Å². The molecule has 0 aliphatic rings. The van der Waals surface area contributed by atoms with Crippen LogP contribution in [-0.2, 0) is 11.5 Å². The van der Waals surface area contributed by atoms with Crippen molar-refractivity contribution in [1.29, 1.82) is 0 Å². The van der Waals surface area contributed by atoms with E-state index in [1.807, 2.05) is 24.3 Å². The van der Waals surface area contributed by atoms with Crippen LogP contribution in [0.1, 0.15) is 54.9 Å². The first-order valence-corrected chi connectivity index (χ1v) is 16.6. The first-order valence-electron chi connectivity index (χ1n) is 14.7. The summed E-state index contributed by atoms with van der Waals surface area (Å²) >= 11 is 3.41. The molecule has 4 aromatic carbocycles. The van der Waals surface area contributed by atoms with Gasteiger partial charge in [-0.2, -0.15) is 0 Å². The van der Waals surface area contributed by atoms with E-state index >= 15 is 0 Å². The van der Waals surface area contributed by atoms with Crippen LogP contribution in [0.15, 0.2) is 132 Å². The normalized spacial score (nSPS) is 11.3. The number of benzene rings is 4. The molecule has 0 unspecified atom stereocenters. The molecule has 0 aliphatic heterocycles. The summed E-state index contributed by atoms with van der Waals surface area (Å²) in [4.78, 5) is 0. The summed E-state index contributed by atoms with van der Waals surface area (Å²) in [5.41, 5.74) is 4.60. The van der Waals surface area contributed by atoms with Crippen molar-refractivity contribution in [3.05, 3.63) is 144 Å². The van der Waals surface area contributed by atoms with Gasteiger partial charge in [-0.3, -0.25) is 9.13 Å². The Bertz CT molecular complexity index is 1580. The van der Waals surface area contributed by atoms with E-state index in [4.69, 9.17) is 20.4 Å². The first-order chi connectivity index (χ1) is 21.3. The van der Waals surface area contributed by atoms with E-state index in [0.717, 1.165) is 64.1 Å². The van der Waals surface area contributed by atoms with E-state index in [-0.39, 0.29) is 5.92 Å². The van der Waals surface area contributed by atoms with Crippen molar-refractivity contribution in [3.63, 3.8) is 0 Å². The van der Waals surface area contributed by atoms with E-state index in [0.29, 0.717) is 0 Å². The Hall–Kier alpha value is -4.14. The maximum Gasteiger partial charge on any atom is 0.196 e. The third kappa shape index (κ3) is 6.92. The van der Waals surface area contributed by atoms with Gasteiger partial charge in [-0.1, -0.05) is 140 Å². The molecule has 0 radical (unpaired) electrons. The Morgan fingerprint density at radius 1 is 0.535 bits per heavy atom. The van der Waals surface area contributed by atoms with Crippen molar-refractivity contribution in [1.82, 2.24) is 29.5 Å². The molecule has 6 rings (SSSR count). The van der Waals surface area contributed by atoms with Gasteiger partial charge >= 0.3 is 0 Å². The van der Waals surface area contributed by atoms with Crippen LogP contribution in [0.3, 0.4) is 0 Å². The highest BCUT2D eigenvalue weighted by Crippen LogP contribution is 2.36. The highest BCUT2D eigenvalue weighted by molar-refractivity contribution is 7.98. The molecule has 2 heterocycles. The lowest BCUT2D eigenvalue weighted by atomic mass is 9.99. The molecular weight excluding hydrogens is 569 g/mol. The van der Waals surface area contributed by atoms with Gasteiger partial charge in [-0.15, -0.1) is 20.4 Å². The molecule has 6 nitrogen and oxygen atoms in total. The van der Waals surface area contributed by atoms with Crippen molar-refractivity contribution in [2.75, 3.05) is 0 Å². The lowest BCUT2D eigenvalue weighted by Crippen LogP contribution is -2.15. The predicted molar refractivity (Wildman–Crippen MR) is 176 cm³/mol. The summed E-state index contributed by atoms with van der Waals surface area (Å²) in [6, 6.07) is 41.9. The molecule has 0 N–H and O–H groups in total. The highest BCUT2D eigenvalue weighted by atomic mass is 32.2.